The highest BCUT2D eigenvalue weighted by molar-refractivity contribution is 6.25. The van der Waals surface area contributed by atoms with Crippen molar-refractivity contribution in [3.05, 3.63) is 158 Å². The molecule has 0 amide bonds. The van der Waals surface area contributed by atoms with Crippen molar-refractivity contribution in [1.29, 1.82) is 0 Å². The van der Waals surface area contributed by atoms with Crippen molar-refractivity contribution in [2.45, 2.75) is 0 Å². The van der Waals surface area contributed by atoms with Crippen molar-refractivity contribution in [1.82, 2.24) is 0 Å². The van der Waals surface area contributed by atoms with E-state index in [1.807, 2.05) is 6.07 Å². The first kappa shape index (κ1) is 25.8. The van der Waals surface area contributed by atoms with E-state index in [0.29, 0.717) is 0 Å². The fraction of sp³-hybridized carbons (Fsp3) is 0. The minimum Gasteiger partial charge on any atom is -0.456 e. The van der Waals surface area contributed by atoms with E-state index < -0.39 is 0 Å². The molecule has 2 heteroatoms. The molecule has 10 aromatic rings. The Labute approximate surface area is 276 Å². The third-order valence-corrected chi connectivity index (χ3v) is 10.2. The van der Waals surface area contributed by atoms with Crippen LogP contribution in [0.2, 0.25) is 0 Å². The van der Waals surface area contributed by atoms with E-state index >= 15 is 0 Å². The average molecular weight is 611 g/mol. The normalized spacial score (nSPS) is 12.3. The molecule has 0 spiro atoms. The van der Waals surface area contributed by atoms with Crippen molar-refractivity contribution >= 4 is 65.0 Å². The van der Waals surface area contributed by atoms with Gasteiger partial charge in [0, 0.05) is 21.7 Å². The molecule has 0 bridgehead atoms. The third kappa shape index (κ3) is 3.52. The monoisotopic (exact) mass is 610 g/mol. The number of fused-ring (bicyclic) bond motifs is 8. The Morgan fingerprint density at radius 3 is 1.75 bits per heavy atom. The van der Waals surface area contributed by atoms with Gasteiger partial charge in [0.2, 0.25) is 0 Å². The van der Waals surface area contributed by atoms with Crippen LogP contribution in [0.15, 0.2) is 162 Å². The maximum Gasteiger partial charge on any atom is 0.136 e. The number of rotatable bonds is 2. The lowest BCUT2D eigenvalue weighted by atomic mass is 9.83. The zero-order valence-corrected chi connectivity index (χ0v) is 25.8. The van der Waals surface area contributed by atoms with Gasteiger partial charge in [-0.1, -0.05) is 115 Å². The second-order valence-electron chi connectivity index (χ2n) is 12.8. The molecule has 1 aliphatic heterocycles. The van der Waals surface area contributed by atoms with Crippen LogP contribution in [0.5, 0.6) is 11.5 Å². The van der Waals surface area contributed by atoms with E-state index in [2.05, 4.69) is 152 Å². The van der Waals surface area contributed by atoms with Crippen molar-refractivity contribution in [3.8, 4) is 44.9 Å². The summed E-state index contributed by atoms with van der Waals surface area (Å²) in [6, 6.07) is 56.7. The molecule has 9 aromatic carbocycles. The number of ether oxygens (including phenoxy) is 1. The van der Waals surface area contributed by atoms with Gasteiger partial charge in [-0.15, -0.1) is 0 Å². The van der Waals surface area contributed by atoms with Crippen LogP contribution in [0.3, 0.4) is 0 Å². The van der Waals surface area contributed by atoms with E-state index in [9.17, 15) is 0 Å². The van der Waals surface area contributed by atoms with Crippen LogP contribution in [-0.4, -0.2) is 0 Å². The highest BCUT2D eigenvalue weighted by Crippen LogP contribution is 2.51. The number of hydrogen-bond acceptors (Lipinski definition) is 2. The van der Waals surface area contributed by atoms with Gasteiger partial charge in [-0.2, -0.15) is 0 Å². The maximum absolute atomic E-state index is 6.47. The predicted molar refractivity (Wildman–Crippen MR) is 200 cm³/mol. The average Bonchev–Trinajstić information content (AvgIpc) is 3.50. The van der Waals surface area contributed by atoms with Crippen LogP contribution in [-0.2, 0) is 0 Å². The first-order valence-electron chi connectivity index (χ1n) is 16.4. The van der Waals surface area contributed by atoms with Crippen LogP contribution >= 0.6 is 0 Å². The van der Waals surface area contributed by atoms with E-state index in [-0.39, 0.29) is 0 Å². The predicted octanol–water partition coefficient (Wildman–Crippen LogP) is 13.3. The molecule has 0 N–H and O–H groups in total. The van der Waals surface area contributed by atoms with Gasteiger partial charge in [0.1, 0.15) is 22.7 Å². The standard InChI is InChI=1S/C46H26O2/c1-2-11-28-26-43-39(24-27(28)10-1)38-25-29(20-22-41(38)48-43)44-32-13-3-5-15-34(32)45(35-16-6-4-14-33(35)44)37-21-23-42-46-31(17-9-18-36(37)46)30-12-7-8-19-40(30)47-42/h1-26H. The molecule has 0 atom stereocenters. The van der Waals surface area contributed by atoms with Gasteiger partial charge in [-0.25, -0.2) is 0 Å². The summed E-state index contributed by atoms with van der Waals surface area (Å²) in [5.74, 6) is 1.81. The molecular formula is C46H26O2. The SMILES string of the molecule is c1ccc2c(c1)Oc1ccc(-c3c4ccccc4c(-c4ccc5oc6cc7ccccc7cc6c5c4)c4ccccc34)c3cccc-2c13. The van der Waals surface area contributed by atoms with Crippen molar-refractivity contribution in [2.75, 3.05) is 0 Å². The summed E-state index contributed by atoms with van der Waals surface area (Å²) >= 11 is 0. The zero-order chi connectivity index (χ0) is 31.3. The molecule has 1 aromatic heterocycles. The lowest BCUT2D eigenvalue weighted by molar-refractivity contribution is 0.487. The van der Waals surface area contributed by atoms with Crippen LogP contribution < -0.4 is 4.74 Å². The van der Waals surface area contributed by atoms with Crippen LogP contribution in [0.4, 0.5) is 0 Å². The minimum absolute atomic E-state index is 0.904. The van der Waals surface area contributed by atoms with E-state index in [0.717, 1.165) is 44.4 Å². The lowest BCUT2D eigenvalue weighted by Gasteiger charge is -2.24. The first-order valence-corrected chi connectivity index (χ1v) is 16.4. The summed E-state index contributed by atoms with van der Waals surface area (Å²) in [4.78, 5) is 0. The van der Waals surface area contributed by atoms with Gasteiger partial charge in [-0.3, -0.25) is 0 Å². The molecule has 222 valence electrons. The second kappa shape index (κ2) is 9.57. The quantitative estimate of drug-likeness (QED) is 0.182. The first-order chi connectivity index (χ1) is 23.8. The highest BCUT2D eigenvalue weighted by Gasteiger charge is 2.24. The van der Waals surface area contributed by atoms with E-state index in [1.54, 1.807) is 0 Å². The summed E-state index contributed by atoms with van der Waals surface area (Å²) in [6.07, 6.45) is 0. The number of para-hydroxylation sites is 1. The molecule has 1 aliphatic rings. The summed E-state index contributed by atoms with van der Waals surface area (Å²) in [7, 11) is 0. The molecule has 2 heterocycles. The molecule has 0 unspecified atom stereocenters. The molecule has 0 saturated heterocycles. The molecule has 11 rings (SSSR count). The van der Waals surface area contributed by atoms with Gasteiger partial charge < -0.3 is 9.15 Å². The third-order valence-electron chi connectivity index (χ3n) is 10.2. The minimum atomic E-state index is 0.904. The van der Waals surface area contributed by atoms with Crippen molar-refractivity contribution in [2.24, 2.45) is 0 Å². The van der Waals surface area contributed by atoms with E-state index in [4.69, 9.17) is 9.15 Å². The molecule has 0 saturated carbocycles. The van der Waals surface area contributed by atoms with Crippen LogP contribution in [0, 0.1) is 0 Å². The Kier molecular flexibility index (Phi) is 5.14. The van der Waals surface area contributed by atoms with Gasteiger partial charge >= 0.3 is 0 Å². The largest absolute Gasteiger partial charge is 0.456 e. The number of hydrogen-bond donors (Lipinski definition) is 0. The summed E-state index contributed by atoms with van der Waals surface area (Å²) in [5.41, 5.74) is 9.04. The molecule has 48 heavy (non-hydrogen) atoms. The molecule has 2 nitrogen and oxygen atoms in total. The molecule has 0 aliphatic carbocycles. The van der Waals surface area contributed by atoms with Crippen LogP contribution in [0.1, 0.15) is 0 Å². The highest BCUT2D eigenvalue weighted by atomic mass is 16.5. The van der Waals surface area contributed by atoms with Gasteiger partial charge in [0.15, 0.2) is 0 Å². The van der Waals surface area contributed by atoms with Gasteiger partial charge in [0.05, 0.1) is 0 Å². The topological polar surface area (TPSA) is 22.4 Å². The smallest absolute Gasteiger partial charge is 0.136 e. The Morgan fingerprint density at radius 1 is 0.333 bits per heavy atom. The summed E-state index contributed by atoms with van der Waals surface area (Å²) in [6.45, 7) is 0. The Hall–Kier alpha value is -6.38. The Bertz CT molecular complexity index is 2920. The second-order valence-corrected chi connectivity index (χ2v) is 12.8. The van der Waals surface area contributed by atoms with Gasteiger partial charge in [0.25, 0.3) is 0 Å². The zero-order valence-electron chi connectivity index (χ0n) is 25.8. The molecule has 0 fully saturated rings. The molecular weight excluding hydrogens is 585 g/mol. The van der Waals surface area contributed by atoms with Crippen molar-refractivity contribution < 1.29 is 9.15 Å². The maximum atomic E-state index is 6.47. The number of furan rings is 1. The lowest BCUT2D eigenvalue weighted by Crippen LogP contribution is -1.98. The van der Waals surface area contributed by atoms with Gasteiger partial charge in [-0.05, 0) is 108 Å². The molecule has 0 radical (unpaired) electrons. The Morgan fingerprint density at radius 2 is 0.958 bits per heavy atom. The van der Waals surface area contributed by atoms with E-state index in [1.165, 1.54) is 65.5 Å². The fourth-order valence-corrected chi connectivity index (χ4v) is 8.15. The Balaban J connectivity index is 1.21. The van der Waals surface area contributed by atoms with Crippen LogP contribution in [0.25, 0.3) is 98.4 Å². The van der Waals surface area contributed by atoms with Crippen molar-refractivity contribution in [3.63, 3.8) is 0 Å². The summed E-state index contributed by atoms with van der Waals surface area (Å²) < 4.78 is 12.9. The fourth-order valence-electron chi connectivity index (χ4n) is 8.15. The summed E-state index contributed by atoms with van der Waals surface area (Å²) in [5, 5.41) is 11.9. The number of benzene rings is 9.